The van der Waals surface area contributed by atoms with Crippen LogP contribution in [0.3, 0.4) is 0 Å². The minimum atomic E-state index is -3.36. The van der Waals surface area contributed by atoms with Crippen molar-refractivity contribution in [3.8, 4) is 0 Å². The van der Waals surface area contributed by atoms with Crippen molar-refractivity contribution < 1.29 is 27.5 Å². The molecule has 0 aliphatic carbocycles. The number of anilines is 2. The first-order valence-electron chi connectivity index (χ1n) is 8.78. The van der Waals surface area contributed by atoms with Gasteiger partial charge in [-0.3, -0.25) is 13.9 Å². The minimum Gasteiger partial charge on any atom is -0.453 e. The molecule has 0 radical (unpaired) electrons. The fourth-order valence-electron chi connectivity index (χ4n) is 2.85. The molecule has 0 spiro atoms. The second kappa shape index (κ2) is 8.29. The van der Waals surface area contributed by atoms with Crippen LogP contribution in [0.2, 0.25) is 0 Å². The summed E-state index contributed by atoms with van der Waals surface area (Å²) in [5.74, 6) is -1.48. The Morgan fingerprint density at radius 2 is 2.07 bits per heavy atom. The van der Waals surface area contributed by atoms with E-state index >= 15 is 0 Å². The highest BCUT2D eigenvalue weighted by Gasteiger charge is 2.28. The standard InChI is InChI=1S/C18H19N3O6S2/c1-3-29(25,26)21-7-6-12-8-13(4-5-15(12)21)16(23)9-27-17(24)14-10-28-18(20-14)19-11(2)22/h4-5,8,10H,3,6-7,9H2,1-2H3,(H,19,20,22). The van der Waals surface area contributed by atoms with E-state index in [9.17, 15) is 22.8 Å². The zero-order valence-corrected chi connectivity index (χ0v) is 17.4. The van der Waals surface area contributed by atoms with Gasteiger partial charge in [0.05, 0.1) is 11.4 Å². The number of benzene rings is 1. The number of esters is 1. The number of ether oxygens (including phenoxy) is 1. The predicted octanol–water partition coefficient (Wildman–Crippen LogP) is 1.85. The summed E-state index contributed by atoms with van der Waals surface area (Å²) in [6.45, 7) is 2.78. The zero-order valence-electron chi connectivity index (χ0n) is 15.8. The molecule has 1 N–H and O–H groups in total. The molecule has 3 rings (SSSR count). The Hall–Kier alpha value is -2.79. The van der Waals surface area contributed by atoms with E-state index in [0.29, 0.717) is 24.2 Å². The first-order chi connectivity index (χ1) is 13.7. The summed E-state index contributed by atoms with van der Waals surface area (Å²) in [5, 5.41) is 4.15. The largest absolute Gasteiger partial charge is 0.453 e. The van der Waals surface area contributed by atoms with E-state index < -0.39 is 28.4 Å². The highest BCUT2D eigenvalue weighted by molar-refractivity contribution is 7.92. The van der Waals surface area contributed by atoms with Crippen LogP contribution in [0.15, 0.2) is 23.6 Å². The number of nitrogens with zero attached hydrogens (tertiary/aromatic N) is 2. The van der Waals surface area contributed by atoms with Crippen molar-refractivity contribution in [2.24, 2.45) is 0 Å². The Morgan fingerprint density at radius 3 is 2.76 bits per heavy atom. The lowest BCUT2D eigenvalue weighted by Crippen LogP contribution is -2.30. The van der Waals surface area contributed by atoms with E-state index in [0.717, 1.165) is 16.9 Å². The number of carbonyl (C=O) groups is 3. The van der Waals surface area contributed by atoms with Crippen molar-refractivity contribution >= 4 is 49.8 Å². The maximum atomic E-state index is 12.4. The average Bonchev–Trinajstić information content (AvgIpc) is 3.32. The van der Waals surface area contributed by atoms with Crippen LogP contribution in [0, 0.1) is 0 Å². The van der Waals surface area contributed by atoms with Crippen molar-refractivity contribution in [2.75, 3.05) is 28.5 Å². The Bertz CT molecular complexity index is 1080. The van der Waals surface area contributed by atoms with Gasteiger partial charge in [-0.15, -0.1) is 11.3 Å². The van der Waals surface area contributed by atoms with Crippen molar-refractivity contribution in [1.29, 1.82) is 0 Å². The lowest BCUT2D eigenvalue weighted by Gasteiger charge is -2.18. The lowest BCUT2D eigenvalue weighted by molar-refractivity contribution is -0.114. The molecule has 0 unspecified atom stereocenters. The van der Waals surface area contributed by atoms with E-state index in [4.69, 9.17) is 4.74 Å². The molecule has 0 bridgehead atoms. The molecule has 0 atom stereocenters. The summed E-state index contributed by atoms with van der Waals surface area (Å²) in [6.07, 6.45) is 0.514. The topological polar surface area (TPSA) is 123 Å². The molecule has 11 heteroatoms. The third kappa shape index (κ3) is 4.62. The molecule has 2 heterocycles. The minimum absolute atomic E-state index is 0.000849. The quantitative estimate of drug-likeness (QED) is 0.518. The molecule has 1 amide bonds. The van der Waals surface area contributed by atoms with Crippen LogP contribution in [-0.4, -0.2) is 50.0 Å². The zero-order chi connectivity index (χ0) is 21.2. The number of aromatic nitrogens is 1. The van der Waals surface area contributed by atoms with Crippen LogP contribution in [0.5, 0.6) is 0 Å². The Morgan fingerprint density at radius 1 is 1.31 bits per heavy atom. The van der Waals surface area contributed by atoms with Gasteiger partial charge in [0, 0.05) is 24.4 Å². The van der Waals surface area contributed by atoms with Gasteiger partial charge < -0.3 is 10.1 Å². The molecule has 0 fully saturated rings. The fourth-order valence-corrected chi connectivity index (χ4v) is 4.74. The number of nitrogens with one attached hydrogen (secondary N) is 1. The normalized spacial score (nSPS) is 13.1. The molecule has 0 saturated heterocycles. The second-order valence-electron chi connectivity index (χ2n) is 6.28. The number of sulfonamides is 1. The smallest absolute Gasteiger partial charge is 0.358 e. The third-order valence-corrected chi connectivity index (χ3v) is 6.82. The number of rotatable bonds is 7. The maximum Gasteiger partial charge on any atom is 0.358 e. The first-order valence-corrected chi connectivity index (χ1v) is 11.3. The number of fused-ring (bicyclic) bond motifs is 1. The lowest BCUT2D eigenvalue weighted by atomic mass is 10.1. The van der Waals surface area contributed by atoms with Crippen LogP contribution in [0.1, 0.15) is 40.3 Å². The third-order valence-electron chi connectivity index (χ3n) is 4.29. The molecule has 1 aromatic heterocycles. The molecule has 0 saturated carbocycles. The van der Waals surface area contributed by atoms with Crippen molar-refractivity contribution in [3.63, 3.8) is 0 Å². The van der Waals surface area contributed by atoms with Crippen LogP contribution in [-0.2, 0) is 26.0 Å². The number of amides is 1. The molecular formula is C18H19N3O6S2. The molecule has 9 nitrogen and oxygen atoms in total. The second-order valence-corrected chi connectivity index (χ2v) is 9.32. The predicted molar refractivity (Wildman–Crippen MR) is 108 cm³/mol. The van der Waals surface area contributed by atoms with Gasteiger partial charge in [0.1, 0.15) is 0 Å². The van der Waals surface area contributed by atoms with Gasteiger partial charge in [-0.2, -0.15) is 0 Å². The Labute approximate surface area is 171 Å². The Balaban J connectivity index is 1.64. The number of hydrogen-bond donors (Lipinski definition) is 1. The molecule has 2 aromatic rings. The SMILES string of the molecule is CCS(=O)(=O)N1CCc2cc(C(=O)COC(=O)c3csc(NC(C)=O)n3)ccc21. The highest BCUT2D eigenvalue weighted by Crippen LogP contribution is 2.31. The van der Waals surface area contributed by atoms with Gasteiger partial charge in [0.2, 0.25) is 15.9 Å². The average molecular weight is 437 g/mol. The van der Waals surface area contributed by atoms with Crippen molar-refractivity contribution in [2.45, 2.75) is 20.3 Å². The summed E-state index contributed by atoms with van der Waals surface area (Å²) < 4.78 is 30.6. The molecule has 154 valence electrons. The number of ketones is 1. The van der Waals surface area contributed by atoms with Gasteiger partial charge in [0.25, 0.3) is 0 Å². The molecule has 1 aliphatic heterocycles. The molecule has 29 heavy (non-hydrogen) atoms. The monoisotopic (exact) mass is 437 g/mol. The van der Waals surface area contributed by atoms with Crippen LogP contribution in [0.4, 0.5) is 10.8 Å². The van der Waals surface area contributed by atoms with Crippen molar-refractivity contribution in [3.05, 3.63) is 40.4 Å². The summed E-state index contributed by atoms with van der Waals surface area (Å²) in [7, 11) is -3.36. The number of thiazole rings is 1. The Kier molecular flexibility index (Phi) is 5.99. The molecule has 1 aliphatic rings. The number of Topliss-reactive ketones (excluding diaryl/α,β-unsaturated/α-hetero) is 1. The summed E-state index contributed by atoms with van der Waals surface area (Å²) in [6, 6.07) is 4.76. The van der Waals surface area contributed by atoms with Gasteiger partial charge in [-0.25, -0.2) is 18.2 Å². The summed E-state index contributed by atoms with van der Waals surface area (Å²) >= 11 is 1.07. The van der Waals surface area contributed by atoms with Crippen LogP contribution < -0.4 is 9.62 Å². The van der Waals surface area contributed by atoms with Gasteiger partial charge in [0.15, 0.2) is 23.2 Å². The van der Waals surface area contributed by atoms with Crippen LogP contribution >= 0.6 is 11.3 Å². The van der Waals surface area contributed by atoms with E-state index in [1.807, 2.05) is 0 Å². The van der Waals surface area contributed by atoms with E-state index in [1.54, 1.807) is 19.1 Å². The summed E-state index contributed by atoms with van der Waals surface area (Å²) in [4.78, 5) is 39.3. The molecule has 1 aromatic carbocycles. The first kappa shape index (κ1) is 20.9. The maximum absolute atomic E-state index is 12.4. The van der Waals surface area contributed by atoms with Crippen molar-refractivity contribution in [1.82, 2.24) is 4.98 Å². The summed E-state index contributed by atoms with van der Waals surface area (Å²) in [5.41, 5.74) is 1.68. The number of hydrogen-bond acceptors (Lipinski definition) is 8. The molecular weight excluding hydrogens is 418 g/mol. The van der Waals surface area contributed by atoms with Gasteiger partial charge >= 0.3 is 5.97 Å². The van der Waals surface area contributed by atoms with Gasteiger partial charge in [-0.1, -0.05) is 0 Å². The van der Waals surface area contributed by atoms with E-state index in [-0.39, 0.29) is 22.5 Å². The van der Waals surface area contributed by atoms with E-state index in [2.05, 4.69) is 10.3 Å². The number of carbonyl (C=O) groups excluding carboxylic acids is 3. The highest BCUT2D eigenvalue weighted by atomic mass is 32.2. The van der Waals surface area contributed by atoms with E-state index in [1.165, 1.54) is 22.7 Å². The van der Waals surface area contributed by atoms with Gasteiger partial charge in [-0.05, 0) is 37.1 Å². The van der Waals surface area contributed by atoms with Crippen LogP contribution in [0.25, 0.3) is 0 Å². The fraction of sp³-hybridized carbons (Fsp3) is 0.333.